The fourth-order valence-electron chi connectivity index (χ4n) is 3.99. The van der Waals surface area contributed by atoms with Crippen molar-refractivity contribution in [1.82, 2.24) is 9.29 Å². The lowest BCUT2D eigenvalue weighted by atomic mass is 10.1. The number of hydrogen-bond donors (Lipinski definition) is 1. The predicted molar refractivity (Wildman–Crippen MR) is 131 cm³/mol. The number of aryl methyl sites for hydroxylation is 1. The number of fused-ring (bicyclic) bond motifs is 2. The van der Waals surface area contributed by atoms with Crippen LogP contribution in [0.3, 0.4) is 0 Å². The zero-order valence-corrected chi connectivity index (χ0v) is 20.1. The molecule has 2 heterocycles. The molecule has 0 spiro atoms. The van der Waals surface area contributed by atoms with Crippen molar-refractivity contribution in [3.63, 3.8) is 0 Å². The fourth-order valence-corrected chi connectivity index (χ4v) is 5.39. The highest BCUT2D eigenvalue weighted by Crippen LogP contribution is 2.33. The number of ether oxygens (including phenoxy) is 3. The van der Waals surface area contributed by atoms with Gasteiger partial charge in [-0.15, -0.1) is 0 Å². The molecule has 8 nitrogen and oxygen atoms in total. The van der Waals surface area contributed by atoms with Gasteiger partial charge >= 0.3 is 0 Å². The Kier molecular flexibility index (Phi) is 5.96. The molecule has 0 bridgehead atoms. The number of sulfonamides is 1. The van der Waals surface area contributed by atoms with E-state index in [1.807, 2.05) is 13.0 Å². The highest BCUT2D eigenvalue weighted by molar-refractivity contribution is 7.89. The first-order chi connectivity index (χ1) is 16.8. The van der Waals surface area contributed by atoms with Gasteiger partial charge < -0.3 is 19.2 Å². The van der Waals surface area contributed by atoms with Gasteiger partial charge in [-0.05, 0) is 60.3 Å². The number of nitrogens with one attached hydrogen (secondary N) is 1. The molecule has 1 aromatic heterocycles. The summed E-state index contributed by atoms with van der Waals surface area (Å²) in [7, 11) is -2.37. The molecule has 0 saturated heterocycles. The maximum atomic E-state index is 13.7. The number of pyridine rings is 1. The zero-order chi connectivity index (χ0) is 24.6. The predicted octanol–water partition coefficient (Wildman–Crippen LogP) is 3.96. The highest BCUT2D eigenvalue weighted by atomic mass is 32.2. The van der Waals surface area contributed by atoms with Crippen molar-refractivity contribution in [2.24, 2.45) is 0 Å². The van der Waals surface area contributed by atoms with E-state index in [1.165, 1.54) is 4.31 Å². The topological polar surface area (TPSA) is 97.9 Å². The van der Waals surface area contributed by atoms with E-state index >= 15 is 0 Å². The number of aromatic nitrogens is 1. The minimum absolute atomic E-state index is 0.0486. The molecule has 9 heteroatoms. The molecule has 0 radical (unpaired) electrons. The van der Waals surface area contributed by atoms with Gasteiger partial charge in [0, 0.05) is 24.7 Å². The fraction of sp³-hybridized carbons (Fsp3) is 0.192. The molecular formula is C26H24N2O6S. The molecule has 1 N–H and O–H groups in total. The van der Waals surface area contributed by atoms with Crippen molar-refractivity contribution in [2.75, 3.05) is 13.9 Å². The van der Waals surface area contributed by atoms with Crippen LogP contribution in [0.25, 0.3) is 10.9 Å². The van der Waals surface area contributed by atoms with Gasteiger partial charge in [-0.25, -0.2) is 8.42 Å². The molecule has 0 amide bonds. The van der Waals surface area contributed by atoms with E-state index in [1.54, 1.807) is 67.8 Å². The van der Waals surface area contributed by atoms with E-state index in [2.05, 4.69) is 4.98 Å². The van der Waals surface area contributed by atoms with E-state index < -0.39 is 10.0 Å². The SMILES string of the molecule is COc1ccc2cc(CN(Cc3ccc4c(c3)OCO4)S(=O)(=O)c3ccc(C)cc3)c(=O)[nH]c2c1. The first-order valence-electron chi connectivity index (χ1n) is 11.0. The van der Waals surface area contributed by atoms with Crippen molar-refractivity contribution in [3.8, 4) is 17.2 Å². The molecule has 0 aliphatic carbocycles. The van der Waals surface area contributed by atoms with E-state index in [4.69, 9.17) is 14.2 Å². The Hall–Kier alpha value is -3.82. The number of hydrogen-bond acceptors (Lipinski definition) is 6. The molecular weight excluding hydrogens is 468 g/mol. The smallest absolute Gasteiger partial charge is 0.252 e. The Labute approximate surface area is 202 Å². The third-order valence-electron chi connectivity index (χ3n) is 5.93. The van der Waals surface area contributed by atoms with Gasteiger partial charge in [-0.3, -0.25) is 4.79 Å². The van der Waals surface area contributed by atoms with Crippen LogP contribution in [0.1, 0.15) is 16.7 Å². The molecule has 0 saturated carbocycles. The molecule has 1 aliphatic rings. The van der Waals surface area contributed by atoms with E-state index in [0.29, 0.717) is 33.9 Å². The Morgan fingerprint density at radius 1 is 0.943 bits per heavy atom. The van der Waals surface area contributed by atoms with Gasteiger partial charge in [-0.1, -0.05) is 23.8 Å². The van der Waals surface area contributed by atoms with E-state index in [9.17, 15) is 13.2 Å². The van der Waals surface area contributed by atoms with Gasteiger partial charge in [0.05, 0.1) is 17.5 Å². The minimum atomic E-state index is -3.92. The number of H-pyrrole nitrogens is 1. The largest absolute Gasteiger partial charge is 0.497 e. The molecule has 0 fully saturated rings. The second kappa shape index (κ2) is 9.09. The first kappa shape index (κ1) is 22.9. The maximum Gasteiger partial charge on any atom is 0.252 e. The molecule has 1 aliphatic heterocycles. The van der Waals surface area contributed by atoms with E-state index in [0.717, 1.165) is 10.9 Å². The molecule has 0 unspecified atom stereocenters. The number of methoxy groups -OCH3 is 1. The third-order valence-corrected chi connectivity index (χ3v) is 7.74. The van der Waals surface area contributed by atoms with Gasteiger partial charge in [0.2, 0.25) is 16.8 Å². The summed E-state index contributed by atoms with van der Waals surface area (Å²) in [5.41, 5.74) is 2.25. The summed E-state index contributed by atoms with van der Waals surface area (Å²) in [4.78, 5) is 15.9. The summed E-state index contributed by atoms with van der Waals surface area (Å²) in [5.74, 6) is 1.79. The van der Waals surface area contributed by atoms with Crippen LogP contribution in [0.5, 0.6) is 17.2 Å². The highest BCUT2D eigenvalue weighted by Gasteiger charge is 2.27. The van der Waals surface area contributed by atoms with Crippen LogP contribution in [-0.4, -0.2) is 31.6 Å². The third kappa shape index (κ3) is 4.60. The Balaban J connectivity index is 1.55. The molecule has 0 atom stereocenters. The van der Waals surface area contributed by atoms with Gasteiger partial charge in [0.25, 0.3) is 5.56 Å². The molecule has 5 rings (SSSR count). The Bertz CT molecular complexity index is 1560. The first-order valence-corrected chi connectivity index (χ1v) is 12.4. The monoisotopic (exact) mass is 492 g/mol. The Morgan fingerprint density at radius 2 is 1.71 bits per heavy atom. The van der Waals surface area contributed by atoms with E-state index in [-0.39, 0.29) is 30.3 Å². The summed E-state index contributed by atoms with van der Waals surface area (Å²) >= 11 is 0. The quantitative estimate of drug-likeness (QED) is 0.419. The number of aromatic amines is 1. The normalized spacial score (nSPS) is 12.9. The second-order valence-electron chi connectivity index (χ2n) is 8.35. The zero-order valence-electron chi connectivity index (χ0n) is 19.3. The molecule has 4 aromatic rings. The van der Waals surface area contributed by atoms with Gasteiger partial charge in [-0.2, -0.15) is 4.31 Å². The molecule has 3 aromatic carbocycles. The van der Waals surface area contributed by atoms with Crippen molar-refractivity contribution in [2.45, 2.75) is 24.9 Å². The maximum absolute atomic E-state index is 13.7. The van der Waals surface area contributed by atoms with Gasteiger partial charge in [0.1, 0.15) is 5.75 Å². The standard InChI is InChI=1S/C26H24N2O6S/c1-17-3-8-22(9-4-17)35(30,31)28(14-18-5-10-24-25(11-18)34-16-33-24)15-20-12-19-6-7-21(32-2)13-23(19)27-26(20)29/h3-13H,14-16H2,1-2H3,(H,27,29). The number of nitrogens with zero attached hydrogens (tertiary/aromatic N) is 1. The minimum Gasteiger partial charge on any atom is -0.497 e. The van der Waals surface area contributed by atoms with Crippen LogP contribution in [0.15, 0.2) is 76.4 Å². The van der Waals surface area contributed by atoms with Crippen LogP contribution >= 0.6 is 0 Å². The lowest BCUT2D eigenvalue weighted by Gasteiger charge is -2.23. The Morgan fingerprint density at radius 3 is 2.49 bits per heavy atom. The lowest BCUT2D eigenvalue weighted by Crippen LogP contribution is -2.32. The average molecular weight is 493 g/mol. The van der Waals surface area contributed by atoms with Crippen LogP contribution in [-0.2, 0) is 23.1 Å². The van der Waals surface area contributed by atoms with Crippen LogP contribution in [0, 0.1) is 6.92 Å². The molecule has 35 heavy (non-hydrogen) atoms. The van der Waals surface area contributed by atoms with Crippen LogP contribution in [0.4, 0.5) is 0 Å². The van der Waals surface area contributed by atoms with Crippen LogP contribution < -0.4 is 19.8 Å². The van der Waals surface area contributed by atoms with Gasteiger partial charge in [0.15, 0.2) is 11.5 Å². The van der Waals surface area contributed by atoms with Crippen molar-refractivity contribution in [1.29, 1.82) is 0 Å². The lowest BCUT2D eigenvalue weighted by molar-refractivity contribution is 0.174. The van der Waals surface area contributed by atoms with Crippen molar-refractivity contribution >= 4 is 20.9 Å². The van der Waals surface area contributed by atoms with Crippen molar-refractivity contribution in [3.05, 3.63) is 93.8 Å². The molecule has 180 valence electrons. The summed E-state index contributed by atoms with van der Waals surface area (Å²) in [6, 6.07) is 19.0. The van der Waals surface area contributed by atoms with Crippen molar-refractivity contribution < 1.29 is 22.6 Å². The van der Waals surface area contributed by atoms with Crippen LogP contribution in [0.2, 0.25) is 0 Å². The number of benzene rings is 3. The number of rotatable bonds is 7. The summed E-state index contributed by atoms with van der Waals surface area (Å²) in [6.45, 7) is 1.96. The average Bonchev–Trinajstić information content (AvgIpc) is 3.32. The summed E-state index contributed by atoms with van der Waals surface area (Å²) in [6.07, 6.45) is 0. The second-order valence-corrected chi connectivity index (χ2v) is 10.3. The summed E-state index contributed by atoms with van der Waals surface area (Å²) in [5, 5.41) is 0.774. The summed E-state index contributed by atoms with van der Waals surface area (Å²) < 4.78 is 44.7.